The van der Waals surface area contributed by atoms with Crippen molar-refractivity contribution in [2.45, 2.75) is 24.2 Å². The number of carbonyl (C=O) groups is 1. The number of carbonyl (C=O) groups excluding carboxylic acids is 1. The molecule has 1 amide bonds. The van der Waals surface area contributed by atoms with E-state index in [0.29, 0.717) is 42.5 Å². The van der Waals surface area contributed by atoms with E-state index in [0.717, 1.165) is 31.3 Å². The molecule has 4 heterocycles. The molecule has 0 spiro atoms. The molecule has 168 valence electrons. The van der Waals surface area contributed by atoms with E-state index in [4.69, 9.17) is 9.97 Å². The molecule has 3 aromatic rings. The first-order valence-electron chi connectivity index (χ1n) is 10.8. The first kappa shape index (κ1) is 20.9. The van der Waals surface area contributed by atoms with Crippen molar-refractivity contribution in [1.29, 1.82) is 0 Å². The quantitative estimate of drug-likeness (QED) is 0.603. The van der Waals surface area contributed by atoms with E-state index in [1.807, 2.05) is 36.2 Å². The second-order valence-corrected chi connectivity index (χ2v) is 10.3. The van der Waals surface area contributed by atoms with Crippen LogP contribution in [0.5, 0.6) is 0 Å². The Kier molecular flexibility index (Phi) is 5.13. The monoisotopic (exact) mass is 454 g/mol. The lowest BCUT2D eigenvalue weighted by atomic mass is 10.3. The summed E-state index contributed by atoms with van der Waals surface area (Å²) in [6.07, 6.45) is 4.00. The predicted octanol–water partition coefficient (Wildman–Crippen LogP) is 2.24. The van der Waals surface area contributed by atoms with Gasteiger partial charge in [0.05, 0.1) is 11.0 Å². The van der Waals surface area contributed by atoms with Crippen molar-refractivity contribution in [1.82, 2.24) is 18.8 Å². The molecule has 2 aromatic heterocycles. The largest absolute Gasteiger partial charge is 0.357 e. The predicted molar refractivity (Wildman–Crippen MR) is 123 cm³/mol. The highest BCUT2D eigenvalue weighted by atomic mass is 32.2. The third-order valence-electron chi connectivity index (χ3n) is 6.17. The van der Waals surface area contributed by atoms with Gasteiger partial charge in [-0.25, -0.2) is 18.4 Å². The molecule has 1 saturated heterocycles. The van der Waals surface area contributed by atoms with Crippen LogP contribution in [0.4, 0.5) is 11.6 Å². The average Bonchev–Trinajstić information content (AvgIpc) is 3.43. The number of rotatable bonds is 3. The van der Waals surface area contributed by atoms with E-state index < -0.39 is 10.0 Å². The van der Waals surface area contributed by atoms with E-state index in [-0.39, 0.29) is 10.8 Å². The first-order valence-corrected chi connectivity index (χ1v) is 12.3. The number of anilines is 2. The first-order chi connectivity index (χ1) is 15.4. The van der Waals surface area contributed by atoms with Gasteiger partial charge in [-0.3, -0.25) is 9.69 Å². The van der Waals surface area contributed by atoms with Crippen LogP contribution in [0.2, 0.25) is 0 Å². The summed E-state index contributed by atoms with van der Waals surface area (Å²) < 4.78 is 29.1. The number of aryl methyl sites for hydroxylation is 1. The number of para-hydroxylation sites is 2. The Morgan fingerprint density at radius 2 is 1.56 bits per heavy atom. The van der Waals surface area contributed by atoms with Crippen LogP contribution in [0.25, 0.3) is 11.0 Å². The third kappa shape index (κ3) is 3.43. The number of hydrogen-bond acceptors (Lipinski definition) is 6. The molecule has 1 fully saturated rings. The van der Waals surface area contributed by atoms with Crippen LogP contribution in [0.3, 0.4) is 0 Å². The lowest BCUT2D eigenvalue weighted by molar-refractivity contribution is 0.0978. The number of hydrogen-bond donors (Lipinski definition) is 0. The molecule has 1 aromatic carbocycles. The van der Waals surface area contributed by atoms with E-state index in [1.165, 1.54) is 16.6 Å². The zero-order valence-corrected chi connectivity index (χ0v) is 19.0. The van der Waals surface area contributed by atoms with Gasteiger partial charge < -0.3 is 9.47 Å². The maximum absolute atomic E-state index is 13.7. The highest BCUT2D eigenvalue weighted by Crippen LogP contribution is 2.32. The number of nitrogens with zero attached hydrogens (tertiary/aromatic N) is 6. The minimum Gasteiger partial charge on any atom is -0.357 e. The molecule has 0 N–H and O–H groups in total. The molecule has 0 aliphatic carbocycles. The summed E-state index contributed by atoms with van der Waals surface area (Å²) >= 11 is 0. The maximum Gasteiger partial charge on any atom is 0.276 e. The van der Waals surface area contributed by atoms with Crippen LogP contribution < -0.4 is 9.80 Å². The van der Waals surface area contributed by atoms with Gasteiger partial charge in [0.25, 0.3) is 5.91 Å². The summed E-state index contributed by atoms with van der Waals surface area (Å²) in [5.41, 5.74) is 1.79. The molecule has 9 nitrogen and oxygen atoms in total. The van der Waals surface area contributed by atoms with Crippen LogP contribution in [-0.2, 0) is 17.1 Å². The van der Waals surface area contributed by atoms with Gasteiger partial charge in [0, 0.05) is 46.5 Å². The molecule has 32 heavy (non-hydrogen) atoms. The summed E-state index contributed by atoms with van der Waals surface area (Å²) in [5.74, 6) is 0.865. The molecular weight excluding hydrogens is 428 g/mol. The second-order valence-electron chi connectivity index (χ2n) is 8.37. The van der Waals surface area contributed by atoms with Crippen molar-refractivity contribution in [3.05, 3.63) is 42.2 Å². The average molecular weight is 455 g/mol. The molecular formula is C22H26N6O3S. The van der Waals surface area contributed by atoms with Gasteiger partial charge in [0.2, 0.25) is 10.0 Å². The highest BCUT2D eigenvalue weighted by molar-refractivity contribution is 7.89. The van der Waals surface area contributed by atoms with Crippen molar-refractivity contribution in [2.75, 3.05) is 43.0 Å². The molecule has 0 saturated carbocycles. The summed E-state index contributed by atoms with van der Waals surface area (Å²) in [7, 11) is 0.0411. The van der Waals surface area contributed by atoms with Crippen LogP contribution in [-0.4, -0.2) is 66.4 Å². The molecule has 2 aliphatic heterocycles. The Morgan fingerprint density at radius 1 is 0.906 bits per heavy atom. The Bertz CT molecular complexity index is 1300. The molecule has 5 rings (SSSR count). The number of benzene rings is 1. The fourth-order valence-electron chi connectivity index (χ4n) is 4.40. The minimum absolute atomic E-state index is 0.155. The van der Waals surface area contributed by atoms with Crippen molar-refractivity contribution < 1.29 is 13.2 Å². The van der Waals surface area contributed by atoms with Gasteiger partial charge in [-0.15, -0.1) is 0 Å². The van der Waals surface area contributed by atoms with Crippen LogP contribution >= 0.6 is 0 Å². The number of amides is 1. The molecule has 10 heteroatoms. The SMILES string of the molecule is CN1CCCN(C(=O)c2cc(S(=O)(=O)N3CCCC3)cn2C)c2nc3ccccc3nc21. The maximum atomic E-state index is 13.7. The highest BCUT2D eigenvalue weighted by Gasteiger charge is 2.32. The lowest BCUT2D eigenvalue weighted by Crippen LogP contribution is -2.33. The van der Waals surface area contributed by atoms with Gasteiger partial charge in [-0.1, -0.05) is 12.1 Å². The normalized spacial score (nSPS) is 17.6. The lowest BCUT2D eigenvalue weighted by Gasteiger charge is -2.23. The van der Waals surface area contributed by atoms with Crippen molar-refractivity contribution >= 4 is 38.6 Å². The van der Waals surface area contributed by atoms with Crippen molar-refractivity contribution in [3.8, 4) is 0 Å². The molecule has 0 atom stereocenters. The fraction of sp³-hybridized carbons (Fsp3) is 0.409. The summed E-state index contributed by atoms with van der Waals surface area (Å²) in [6, 6.07) is 9.07. The number of sulfonamides is 1. The van der Waals surface area contributed by atoms with Crippen molar-refractivity contribution in [3.63, 3.8) is 0 Å². The van der Waals surface area contributed by atoms with Gasteiger partial charge in [0.1, 0.15) is 10.6 Å². The fourth-order valence-corrected chi connectivity index (χ4v) is 5.99. The Hall–Kier alpha value is -2.98. The van der Waals surface area contributed by atoms with Gasteiger partial charge in [0.15, 0.2) is 11.6 Å². The van der Waals surface area contributed by atoms with E-state index >= 15 is 0 Å². The molecule has 0 radical (unpaired) electrons. The topological polar surface area (TPSA) is 91.6 Å². The molecule has 2 aliphatic rings. The Balaban J connectivity index is 1.56. The summed E-state index contributed by atoms with van der Waals surface area (Å²) in [5, 5.41) is 0. The zero-order chi connectivity index (χ0) is 22.5. The van der Waals surface area contributed by atoms with Crippen LogP contribution in [0.15, 0.2) is 41.4 Å². The standard InChI is InChI=1S/C22H26N6O3S/c1-25-10-7-13-28(21-20(25)23-17-8-3-4-9-18(17)24-21)22(29)19-14-16(15-26(19)2)32(30,31)27-11-5-6-12-27/h3-4,8-9,14-15H,5-7,10-13H2,1-2H3. The summed E-state index contributed by atoms with van der Waals surface area (Å²) in [4.78, 5) is 27.0. The number of fused-ring (bicyclic) bond motifs is 2. The smallest absolute Gasteiger partial charge is 0.276 e. The zero-order valence-electron chi connectivity index (χ0n) is 18.2. The number of aromatic nitrogens is 3. The van der Waals surface area contributed by atoms with E-state index in [9.17, 15) is 13.2 Å². The third-order valence-corrected chi connectivity index (χ3v) is 8.04. The van der Waals surface area contributed by atoms with Gasteiger partial charge in [-0.05, 0) is 37.5 Å². The van der Waals surface area contributed by atoms with E-state index in [2.05, 4.69) is 0 Å². The second kappa shape index (κ2) is 7.86. The van der Waals surface area contributed by atoms with Crippen LogP contribution in [0.1, 0.15) is 29.8 Å². The van der Waals surface area contributed by atoms with Gasteiger partial charge in [-0.2, -0.15) is 4.31 Å². The molecule has 0 bridgehead atoms. The van der Waals surface area contributed by atoms with Crippen molar-refractivity contribution in [2.24, 2.45) is 7.05 Å². The van der Waals surface area contributed by atoms with Crippen LogP contribution in [0, 0.1) is 0 Å². The van der Waals surface area contributed by atoms with E-state index in [1.54, 1.807) is 16.5 Å². The minimum atomic E-state index is -3.60. The van der Waals surface area contributed by atoms with Gasteiger partial charge >= 0.3 is 0 Å². The summed E-state index contributed by atoms with van der Waals surface area (Å²) in [6.45, 7) is 2.26. The molecule has 0 unspecified atom stereocenters. The Morgan fingerprint density at radius 3 is 2.25 bits per heavy atom. The Labute approximate surface area is 187 Å².